The van der Waals surface area contributed by atoms with E-state index in [9.17, 15) is 0 Å². The Kier molecular flexibility index (Phi) is 3.29. The molecule has 1 heteroatoms. The first-order chi connectivity index (χ1) is 5.74. The van der Waals surface area contributed by atoms with E-state index in [4.69, 9.17) is 0 Å². The lowest BCUT2D eigenvalue weighted by Crippen LogP contribution is -2.21. The highest BCUT2D eigenvalue weighted by molar-refractivity contribution is 6.70. The van der Waals surface area contributed by atoms with Crippen LogP contribution in [0.1, 0.15) is 5.56 Å². The van der Waals surface area contributed by atoms with Gasteiger partial charge in [0.05, 0.1) is 8.80 Å². The molecular formula is C11H16Si. The summed E-state index contributed by atoms with van der Waals surface area (Å²) in [6, 6.07) is 8.94. The predicted molar refractivity (Wildman–Crippen MR) is 58.9 cm³/mol. The Morgan fingerprint density at radius 2 is 1.83 bits per heavy atom. The number of rotatable bonds is 3. The highest BCUT2D eigenvalue weighted by atomic mass is 28.3. The topological polar surface area (TPSA) is 0 Å². The molecule has 64 valence electrons. The smallest absolute Gasteiger partial charge is 0.0647 e. The molecular weight excluding hydrogens is 160 g/mol. The minimum Gasteiger partial charge on any atom is -0.103 e. The molecule has 0 saturated heterocycles. The Morgan fingerprint density at radius 1 is 1.25 bits per heavy atom. The minimum absolute atomic E-state index is 0.595. The molecule has 0 heterocycles. The van der Waals surface area contributed by atoms with Crippen molar-refractivity contribution in [2.24, 2.45) is 0 Å². The van der Waals surface area contributed by atoms with E-state index in [2.05, 4.69) is 43.9 Å². The van der Waals surface area contributed by atoms with Crippen molar-refractivity contribution in [3.05, 3.63) is 42.5 Å². The van der Waals surface area contributed by atoms with Gasteiger partial charge in [-0.3, -0.25) is 0 Å². The van der Waals surface area contributed by atoms with Crippen LogP contribution in [0.25, 0.3) is 0 Å². The summed E-state index contributed by atoms with van der Waals surface area (Å²) in [5, 5.41) is 1.54. The van der Waals surface area contributed by atoms with Crippen molar-refractivity contribution in [3.63, 3.8) is 0 Å². The van der Waals surface area contributed by atoms with E-state index >= 15 is 0 Å². The van der Waals surface area contributed by atoms with E-state index in [0.29, 0.717) is 0 Å². The summed E-state index contributed by atoms with van der Waals surface area (Å²) >= 11 is 0. The fraction of sp³-hybridized carbons (Fsp3) is 0.273. The van der Waals surface area contributed by atoms with Crippen LogP contribution in [0.5, 0.6) is 0 Å². The van der Waals surface area contributed by atoms with E-state index in [1.165, 1.54) is 5.56 Å². The summed E-state index contributed by atoms with van der Waals surface area (Å²) in [7, 11) is -0.595. The van der Waals surface area contributed by atoms with Crippen LogP contribution in [0.2, 0.25) is 13.1 Å². The third-order valence-electron chi connectivity index (χ3n) is 2.03. The maximum Gasteiger partial charge on any atom is 0.0647 e. The largest absolute Gasteiger partial charge is 0.103 e. The Hall–Kier alpha value is -0.823. The summed E-state index contributed by atoms with van der Waals surface area (Å²) in [4.78, 5) is 0. The van der Waals surface area contributed by atoms with Crippen molar-refractivity contribution >= 4 is 14.0 Å². The van der Waals surface area contributed by atoms with E-state index in [1.54, 1.807) is 5.19 Å². The molecule has 0 aliphatic rings. The van der Waals surface area contributed by atoms with Crippen LogP contribution in [0.15, 0.2) is 36.9 Å². The molecule has 0 saturated carbocycles. The maximum atomic E-state index is 3.72. The molecule has 0 N–H and O–H groups in total. The van der Waals surface area contributed by atoms with Crippen LogP contribution in [-0.2, 0) is 6.42 Å². The van der Waals surface area contributed by atoms with Gasteiger partial charge in [0.2, 0.25) is 0 Å². The molecule has 0 nitrogen and oxygen atoms in total. The number of benzene rings is 1. The highest BCUT2D eigenvalue weighted by Gasteiger charge is 1.98. The molecule has 0 unspecified atom stereocenters. The molecule has 0 fully saturated rings. The first-order valence-corrected chi connectivity index (χ1v) is 7.32. The third kappa shape index (κ3) is 2.34. The van der Waals surface area contributed by atoms with Gasteiger partial charge in [-0.15, -0.1) is 6.58 Å². The van der Waals surface area contributed by atoms with E-state index in [1.807, 2.05) is 6.08 Å². The molecule has 0 spiro atoms. The molecule has 0 amide bonds. The molecule has 1 aromatic rings. The van der Waals surface area contributed by atoms with Gasteiger partial charge in [-0.05, 0) is 12.0 Å². The second kappa shape index (κ2) is 4.26. The minimum atomic E-state index is -0.595. The lowest BCUT2D eigenvalue weighted by molar-refractivity contribution is 1.28. The van der Waals surface area contributed by atoms with Crippen LogP contribution in [0.3, 0.4) is 0 Å². The van der Waals surface area contributed by atoms with Crippen LogP contribution < -0.4 is 5.19 Å². The summed E-state index contributed by atoms with van der Waals surface area (Å²) in [5.41, 5.74) is 1.36. The van der Waals surface area contributed by atoms with Crippen molar-refractivity contribution in [2.45, 2.75) is 19.5 Å². The monoisotopic (exact) mass is 176 g/mol. The fourth-order valence-corrected chi connectivity index (χ4v) is 2.17. The van der Waals surface area contributed by atoms with E-state index < -0.39 is 8.80 Å². The van der Waals surface area contributed by atoms with E-state index in [0.717, 1.165) is 6.42 Å². The van der Waals surface area contributed by atoms with Crippen LogP contribution in [-0.4, -0.2) is 8.80 Å². The van der Waals surface area contributed by atoms with Gasteiger partial charge in [0, 0.05) is 0 Å². The van der Waals surface area contributed by atoms with Gasteiger partial charge in [0.15, 0.2) is 0 Å². The van der Waals surface area contributed by atoms with Crippen molar-refractivity contribution in [1.29, 1.82) is 0 Å². The normalized spacial score (nSPS) is 10.2. The summed E-state index contributed by atoms with van der Waals surface area (Å²) < 4.78 is 0. The summed E-state index contributed by atoms with van der Waals surface area (Å²) in [6.45, 7) is 8.42. The van der Waals surface area contributed by atoms with Crippen molar-refractivity contribution in [3.8, 4) is 0 Å². The van der Waals surface area contributed by atoms with Crippen LogP contribution in [0.4, 0.5) is 0 Å². The molecule has 1 rings (SSSR count). The Bertz CT molecular complexity index is 246. The number of allylic oxidation sites excluding steroid dienone is 1. The summed E-state index contributed by atoms with van der Waals surface area (Å²) in [6.07, 6.45) is 2.93. The molecule has 0 bridgehead atoms. The predicted octanol–water partition coefficient (Wildman–Crippen LogP) is 2.11. The highest BCUT2D eigenvalue weighted by Crippen LogP contribution is 1.99. The third-order valence-corrected chi connectivity index (χ3v) is 3.74. The summed E-state index contributed by atoms with van der Waals surface area (Å²) in [5.74, 6) is 0. The molecule has 0 aliphatic carbocycles. The van der Waals surface area contributed by atoms with Crippen LogP contribution >= 0.6 is 0 Å². The SMILES string of the molecule is C=CCc1ccc([SiH](C)C)cc1. The average molecular weight is 176 g/mol. The second-order valence-electron chi connectivity index (χ2n) is 3.39. The zero-order valence-corrected chi connectivity index (χ0v) is 9.03. The zero-order chi connectivity index (χ0) is 8.97. The fourth-order valence-electron chi connectivity index (χ4n) is 1.21. The lowest BCUT2D eigenvalue weighted by atomic mass is 10.2. The first-order valence-electron chi connectivity index (χ1n) is 4.43. The standard InChI is InChI=1S/C11H16Si/c1-4-5-10-6-8-11(9-7-10)12(2)3/h4,6-9,12H,1,5H2,2-3H3. The second-order valence-corrected chi connectivity index (χ2v) is 6.37. The quantitative estimate of drug-likeness (QED) is 0.489. The Balaban J connectivity index is 2.78. The molecule has 0 aliphatic heterocycles. The number of hydrogen-bond acceptors (Lipinski definition) is 0. The molecule has 12 heavy (non-hydrogen) atoms. The van der Waals surface area contributed by atoms with Gasteiger partial charge in [0.25, 0.3) is 0 Å². The first kappa shape index (κ1) is 9.27. The van der Waals surface area contributed by atoms with Crippen molar-refractivity contribution in [2.75, 3.05) is 0 Å². The van der Waals surface area contributed by atoms with Gasteiger partial charge in [-0.1, -0.05) is 48.6 Å². The maximum absolute atomic E-state index is 3.72. The molecule has 0 aromatic heterocycles. The van der Waals surface area contributed by atoms with Crippen molar-refractivity contribution in [1.82, 2.24) is 0 Å². The van der Waals surface area contributed by atoms with Crippen LogP contribution in [0, 0.1) is 0 Å². The zero-order valence-electron chi connectivity index (χ0n) is 7.88. The van der Waals surface area contributed by atoms with Crippen molar-refractivity contribution < 1.29 is 0 Å². The van der Waals surface area contributed by atoms with Gasteiger partial charge >= 0.3 is 0 Å². The molecule has 0 atom stereocenters. The molecule has 1 aromatic carbocycles. The average Bonchev–Trinajstić information content (AvgIpc) is 2.06. The Morgan fingerprint density at radius 3 is 2.25 bits per heavy atom. The molecule has 0 radical (unpaired) electrons. The lowest BCUT2D eigenvalue weighted by Gasteiger charge is -2.03. The van der Waals surface area contributed by atoms with Gasteiger partial charge in [-0.2, -0.15) is 0 Å². The van der Waals surface area contributed by atoms with Gasteiger partial charge in [-0.25, -0.2) is 0 Å². The Labute approximate surface area is 76.5 Å². The number of hydrogen-bond donors (Lipinski definition) is 0. The van der Waals surface area contributed by atoms with E-state index in [-0.39, 0.29) is 0 Å². The van der Waals surface area contributed by atoms with Gasteiger partial charge < -0.3 is 0 Å². The van der Waals surface area contributed by atoms with Gasteiger partial charge in [0.1, 0.15) is 0 Å².